The third-order valence-electron chi connectivity index (χ3n) is 6.60. The molecule has 0 spiro atoms. The summed E-state index contributed by atoms with van der Waals surface area (Å²) in [4.78, 5) is 48.1. The molecule has 37 heavy (non-hydrogen) atoms. The number of nitrogens with zero attached hydrogens (tertiary/aromatic N) is 7. The number of fused-ring (bicyclic) bond motifs is 1. The first kappa shape index (κ1) is 27.0. The number of anilines is 1. The molecule has 3 aromatic heterocycles. The fourth-order valence-corrected chi connectivity index (χ4v) is 5.33. The topological polar surface area (TPSA) is 97.1 Å². The molecule has 0 N–H and O–H groups in total. The van der Waals surface area contributed by atoms with E-state index in [0.717, 1.165) is 0 Å². The molecule has 3 aromatic rings. The van der Waals surface area contributed by atoms with Gasteiger partial charge in [-0.05, 0) is 37.8 Å². The zero-order valence-electron chi connectivity index (χ0n) is 21.9. The van der Waals surface area contributed by atoms with Gasteiger partial charge in [-0.2, -0.15) is 4.98 Å². The third kappa shape index (κ3) is 4.82. The third-order valence-corrected chi connectivity index (χ3v) is 7.28. The Labute approximate surface area is 226 Å². The van der Waals surface area contributed by atoms with Gasteiger partial charge in [0.05, 0.1) is 27.5 Å². The van der Waals surface area contributed by atoms with Crippen LogP contribution in [0.2, 0.25) is 10.2 Å². The molecule has 1 saturated heterocycles. The van der Waals surface area contributed by atoms with E-state index in [9.17, 15) is 9.59 Å². The molecule has 1 amide bonds. The SMILES string of the molecule is C=CC(=O)N1C(C)CN(c2nc(=O)n(-c3c(C(C)C)ncnc3C(C)C)c3nc(Cl)c(Cl)cc23)CC1C. The van der Waals surface area contributed by atoms with Crippen LogP contribution in [0.4, 0.5) is 5.82 Å². The van der Waals surface area contributed by atoms with Crippen LogP contribution in [0.1, 0.15) is 64.8 Å². The molecule has 0 saturated carbocycles. The summed E-state index contributed by atoms with van der Waals surface area (Å²) in [6, 6.07) is 1.42. The van der Waals surface area contributed by atoms with Gasteiger partial charge in [0.1, 0.15) is 17.3 Å². The molecule has 2 atom stereocenters. The molecule has 11 heteroatoms. The number of halogens is 2. The lowest BCUT2D eigenvalue weighted by atomic mass is 10.0. The summed E-state index contributed by atoms with van der Waals surface area (Å²) in [5.74, 6) is 0.339. The Hall–Kier alpha value is -3.04. The number of carbonyl (C=O) groups is 1. The lowest BCUT2D eigenvalue weighted by molar-refractivity contribution is -0.130. The molecule has 1 aliphatic heterocycles. The zero-order chi connectivity index (χ0) is 27.2. The average Bonchev–Trinajstić information content (AvgIpc) is 2.83. The molecule has 4 heterocycles. The summed E-state index contributed by atoms with van der Waals surface area (Å²) in [5.41, 5.74) is 1.80. The van der Waals surface area contributed by atoms with E-state index >= 15 is 0 Å². The van der Waals surface area contributed by atoms with Gasteiger partial charge in [-0.3, -0.25) is 4.79 Å². The molecule has 2 unspecified atom stereocenters. The summed E-state index contributed by atoms with van der Waals surface area (Å²) in [6.45, 7) is 16.5. The van der Waals surface area contributed by atoms with Crippen molar-refractivity contribution in [2.24, 2.45) is 0 Å². The largest absolute Gasteiger partial charge is 0.355 e. The Kier molecular flexibility index (Phi) is 7.57. The van der Waals surface area contributed by atoms with Crippen molar-refractivity contribution in [1.82, 2.24) is 29.4 Å². The van der Waals surface area contributed by atoms with Gasteiger partial charge < -0.3 is 9.80 Å². The lowest BCUT2D eigenvalue weighted by Crippen LogP contribution is -2.58. The summed E-state index contributed by atoms with van der Waals surface area (Å²) in [7, 11) is 0. The van der Waals surface area contributed by atoms with Crippen LogP contribution in [-0.4, -0.2) is 60.5 Å². The fourth-order valence-electron chi connectivity index (χ4n) is 5.04. The molecule has 1 aliphatic rings. The Bertz CT molecular complexity index is 1400. The van der Waals surface area contributed by atoms with E-state index in [1.54, 1.807) is 11.0 Å². The molecule has 1 fully saturated rings. The highest BCUT2D eigenvalue weighted by atomic mass is 35.5. The minimum atomic E-state index is -0.517. The minimum Gasteiger partial charge on any atom is -0.352 e. The number of pyridine rings is 1. The standard InChI is InChI=1S/C26H31Cl2N7O2/c1-8-19(36)34-15(6)10-33(11-16(34)7)24-17-9-18(27)23(28)31-25(17)35(26(37)32-24)22-20(13(2)3)29-12-30-21(22)14(4)5/h8-9,12-16H,1,10-11H2,2-7H3. The van der Waals surface area contributed by atoms with Crippen molar-refractivity contribution in [3.63, 3.8) is 0 Å². The van der Waals surface area contributed by atoms with Gasteiger partial charge in [0.2, 0.25) is 5.91 Å². The van der Waals surface area contributed by atoms with Crippen molar-refractivity contribution in [1.29, 1.82) is 0 Å². The number of carbonyl (C=O) groups excluding carboxylic acids is 1. The molecule has 196 valence electrons. The Morgan fingerprint density at radius 1 is 1.05 bits per heavy atom. The Balaban J connectivity index is 2.00. The van der Waals surface area contributed by atoms with Crippen LogP contribution in [0.3, 0.4) is 0 Å². The normalized spacial score (nSPS) is 18.2. The molecule has 0 aliphatic carbocycles. The second-order valence-electron chi connectivity index (χ2n) is 10.0. The summed E-state index contributed by atoms with van der Waals surface area (Å²) >= 11 is 12.8. The molecule has 0 bridgehead atoms. The maximum atomic E-state index is 13.8. The first-order valence-electron chi connectivity index (χ1n) is 12.3. The average molecular weight is 544 g/mol. The number of hydrogen-bond acceptors (Lipinski definition) is 7. The smallest absolute Gasteiger partial charge is 0.352 e. The second kappa shape index (κ2) is 10.4. The highest BCUT2D eigenvalue weighted by molar-refractivity contribution is 6.41. The monoisotopic (exact) mass is 543 g/mol. The van der Waals surface area contributed by atoms with Gasteiger partial charge in [-0.15, -0.1) is 0 Å². The van der Waals surface area contributed by atoms with Gasteiger partial charge in [0.15, 0.2) is 5.65 Å². The maximum absolute atomic E-state index is 13.8. The van der Waals surface area contributed by atoms with E-state index in [1.807, 2.05) is 46.4 Å². The molecular formula is C26H31Cl2N7O2. The van der Waals surface area contributed by atoms with Crippen LogP contribution in [0.5, 0.6) is 0 Å². The predicted octanol–water partition coefficient (Wildman–Crippen LogP) is 4.74. The van der Waals surface area contributed by atoms with Gasteiger partial charge >= 0.3 is 5.69 Å². The van der Waals surface area contributed by atoms with Crippen LogP contribution >= 0.6 is 23.2 Å². The fraction of sp³-hybridized carbons (Fsp3) is 0.462. The predicted molar refractivity (Wildman–Crippen MR) is 147 cm³/mol. The van der Waals surface area contributed by atoms with E-state index in [0.29, 0.717) is 47.0 Å². The van der Waals surface area contributed by atoms with E-state index in [1.165, 1.54) is 17.0 Å². The maximum Gasteiger partial charge on any atom is 0.355 e. The van der Waals surface area contributed by atoms with Crippen molar-refractivity contribution in [2.45, 2.75) is 65.5 Å². The van der Waals surface area contributed by atoms with Gasteiger partial charge in [0, 0.05) is 25.2 Å². The molecular weight excluding hydrogens is 513 g/mol. The molecule has 0 radical (unpaired) electrons. The molecule has 0 aromatic carbocycles. The summed E-state index contributed by atoms with van der Waals surface area (Å²) < 4.78 is 1.45. The van der Waals surface area contributed by atoms with Gasteiger partial charge in [-0.25, -0.2) is 24.3 Å². The number of aromatic nitrogens is 5. The van der Waals surface area contributed by atoms with Crippen molar-refractivity contribution >= 4 is 46.0 Å². The van der Waals surface area contributed by atoms with Crippen LogP contribution < -0.4 is 10.6 Å². The van der Waals surface area contributed by atoms with Crippen molar-refractivity contribution < 1.29 is 4.79 Å². The van der Waals surface area contributed by atoms with Crippen molar-refractivity contribution in [3.8, 4) is 5.69 Å². The van der Waals surface area contributed by atoms with Gasteiger partial charge in [-0.1, -0.05) is 57.5 Å². The minimum absolute atomic E-state index is 0.0112. The number of piperazine rings is 1. The molecule has 4 rings (SSSR count). The Morgan fingerprint density at radius 2 is 1.62 bits per heavy atom. The second-order valence-corrected chi connectivity index (χ2v) is 10.8. The van der Waals surface area contributed by atoms with Crippen LogP contribution in [0, 0.1) is 0 Å². The van der Waals surface area contributed by atoms with E-state index < -0.39 is 5.69 Å². The summed E-state index contributed by atoms with van der Waals surface area (Å²) in [5, 5.41) is 0.906. The van der Waals surface area contributed by atoms with Gasteiger partial charge in [0.25, 0.3) is 0 Å². The highest BCUT2D eigenvalue weighted by Gasteiger charge is 2.34. The Morgan fingerprint density at radius 3 is 2.14 bits per heavy atom. The van der Waals surface area contributed by atoms with E-state index in [2.05, 4.69) is 26.5 Å². The van der Waals surface area contributed by atoms with Crippen LogP contribution in [0.15, 0.2) is 29.8 Å². The van der Waals surface area contributed by atoms with Crippen molar-refractivity contribution in [2.75, 3.05) is 18.0 Å². The zero-order valence-corrected chi connectivity index (χ0v) is 23.4. The molecule has 9 nitrogen and oxygen atoms in total. The lowest BCUT2D eigenvalue weighted by Gasteiger charge is -2.44. The first-order valence-corrected chi connectivity index (χ1v) is 13.0. The van der Waals surface area contributed by atoms with E-state index in [4.69, 9.17) is 23.2 Å². The number of hydrogen-bond donors (Lipinski definition) is 0. The number of amides is 1. The van der Waals surface area contributed by atoms with Crippen LogP contribution in [0.25, 0.3) is 16.7 Å². The first-order chi connectivity index (χ1) is 17.5. The highest BCUT2D eigenvalue weighted by Crippen LogP contribution is 2.34. The van der Waals surface area contributed by atoms with Crippen LogP contribution in [-0.2, 0) is 4.79 Å². The number of rotatable bonds is 5. The quantitative estimate of drug-likeness (QED) is 0.338. The summed E-state index contributed by atoms with van der Waals surface area (Å²) in [6.07, 6.45) is 2.84. The van der Waals surface area contributed by atoms with Crippen molar-refractivity contribution in [3.05, 3.63) is 57.1 Å². The van der Waals surface area contributed by atoms with E-state index in [-0.39, 0.29) is 40.0 Å².